The van der Waals surface area contributed by atoms with Crippen LogP contribution >= 0.6 is 11.3 Å². The summed E-state index contributed by atoms with van der Waals surface area (Å²) in [5, 5.41) is 2.02. The van der Waals surface area contributed by atoms with Gasteiger partial charge >= 0.3 is 0 Å². The maximum absolute atomic E-state index is 5.46. The predicted octanol–water partition coefficient (Wildman–Crippen LogP) is 5.27. The molecule has 0 saturated heterocycles. The van der Waals surface area contributed by atoms with E-state index in [1.807, 2.05) is 60.1 Å². The van der Waals surface area contributed by atoms with Gasteiger partial charge in [-0.2, -0.15) is 0 Å². The van der Waals surface area contributed by atoms with Gasteiger partial charge in [0.2, 0.25) is 5.75 Å². The monoisotopic (exact) mass is 422 g/mol. The molecular weight excluding hydrogens is 400 g/mol. The van der Waals surface area contributed by atoms with Gasteiger partial charge in [-0.1, -0.05) is 6.08 Å². The van der Waals surface area contributed by atoms with Crippen molar-refractivity contribution in [1.82, 2.24) is 9.38 Å². The van der Waals surface area contributed by atoms with E-state index in [1.165, 1.54) is 0 Å². The predicted molar refractivity (Wildman–Crippen MR) is 120 cm³/mol. The molecule has 0 unspecified atom stereocenters. The molecule has 2 heterocycles. The Morgan fingerprint density at radius 1 is 0.867 bits per heavy atom. The van der Waals surface area contributed by atoms with Crippen molar-refractivity contribution in [2.75, 3.05) is 28.4 Å². The summed E-state index contributed by atoms with van der Waals surface area (Å²) in [7, 11) is 6.47. The van der Waals surface area contributed by atoms with E-state index >= 15 is 0 Å². The molecular formula is C23H22N2O4S. The molecule has 0 fully saturated rings. The summed E-state index contributed by atoms with van der Waals surface area (Å²) in [5.41, 5.74) is 3.85. The Labute approximate surface area is 178 Å². The van der Waals surface area contributed by atoms with Crippen molar-refractivity contribution in [3.63, 3.8) is 0 Å². The third-order valence-corrected chi connectivity index (χ3v) is 5.54. The van der Waals surface area contributed by atoms with Crippen molar-refractivity contribution in [3.05, 3.63) is 59.2 Å². The highest BCUT2D eigenvalue weighted by Gasteiger charge is 2.15. The summed E-state index contributed by atoms with van der Waals surface area (Å²) in [5.74, 6) is 2.61. The fraction of sp³-hybridized carbons (Fsp3) is 0.174. The fourth-order valence-electron chi connectivity index (χ4n) is 3.30. The van der Waals surface area contributed by atoms with Gasteiger partial charge in [0.1, 0.15) is 5.75 Å². The molecule has 4 rings (SSSR count). The van der Waals surface area contributed by atoms with Crippen molar-refractivity contribution in [2.45, 2.75) is 0 Å². The molecule has 2 aromatic carbocycles. The molecule has 0 radical (unpaired) electrons. The molecule has 0 amide bonds. The topological polar surface area (TPSA) is 54.2 Å². The smallest absolute Gasteiger partial charge is 0.203 e. The first-order valence-corrected chi connectivity index (χ1v) is 10.1. The molecule has 0 bridgehead atoms. The standard InChI is InChI=1S/C23H22N2O4S/c1-26-17-8-6-16(7-9-17)21-18(25-11-12-30-23(25)24-21)10-5-15-13-19(27-2)22(29-4)20(14-15)28-3/h5-14H,1-4H3/b10-5-. The maximum Gasteiger partial charge on any atom is 0.203 e. The minimum absolute atomic E-state index is 0.570. The second kappa shape index (κ2) is 8.51. The number of methoxy groups -OCH3 is 4. The third-order valence-electron chi connectivity index (χ3n) is 4.78. The van der Waals surface area contributed by atoms with E-state index in [0.717, 1.165) is 33.2 Å². The summed E-state index contributed by atoms with van der Waals surface area (Å²) in [4.78, 5) is 5.76. The Kier molecular flexibility index (Phi) is 5.63. The lowest BCUT2D eigenvalue weighted by Crippen LogP contribution is -1.95. The van der Waals surface area contributed by atoms with Crippen LogP contribution in [0, 0.1) is 0 Å². The molecule has 0 atom stereocenters. The van der Waals surface area contributed by atoms with Crippen molar-refractivity contribution in [2.24, 2.45) is 0 Å². The molecule has 0 spiro atoms. The first-order valence-electron chi connectivity index (χ1n) is 9.26. The van der Waals surface area contributed by atoms with Crippen LogP contribution in [0.3, 0.4) is 0 Å². The summed E-state index contributed by atoms with van der Waals surface area (Å²) in [6, 6.07) is 11.7. The van der Waals surface area contributed by atoms with Gasteiger partial charge in [0, 0.05) is 17.1 Å². The largest absolute Gasteiger partial charge is 0.497 e. The number of hydrogen-bond acceptors (Lipinski definition) is 6. The van der Waals surface area contributed by atoms with Crippen LogP contribution in [-0.2, 0) is 0 Å². The number of rotatable bonds is 7. The van der Waals surface area contributed by atoms with Gasteiger partial charge in [0.15, 0.2) is 16.5 Å². The molecule has 0 aliphatic rings. The van der Waals surface area contributed by atoms with Gasteiger partial charge in [0.25, 0.3) is 0 Å². The van der Waals surface area contributed by atoms with Gasteiger partial charge < -0.3 is 18.9 Å². The average Bonchev–Trinajstić information content (AvgIpc) is 3.38. The molecule has 0 N–H and O–H groups in total. The zero-order valence-electron chi connectivity index (χ0n) is 17.2. The molecule has 0 aliphatic carbocycles. The quantitative estimate of drug-likeness (QED) is 0.406. The molecule has 4 aromatic rings. The van der Waals surface area contributed by atoms with E-state index in [-0.39, 0.29) is 0 Å². The van der Waals surface area contributed by atoms with Crippen LogP contribution in [0.15, 0.2) is 48.0 Å². The van der Waals surface area contributed by atoms with Crippen LogP contribution in [0.5, 0.6) is 23.0 Å². The highest BCUT2D eigenvalue weighted by molar-refractivity contribution is 7.15. The lowest BCUT2D eigenvalue weighted by atomic mass is 10.1. The molecule has 0 saturated carbocycles. The number of fused-ring (bicyclic) bond motifs is 1. The van der Waals surface area contributed by atoms with E-state index in [4.69, 9.17) is 23.9 Å². The summed E-state index contributed by atoms with van der Waals surface area (Å²) in [6.07, 6.45) is 6.08. The minimum Gasteiger partial charge on any atom is -0.497 e. The van der Waals surface area contributed by atoms with E-state index in [9.17, 15) is 0 Å². The Balaban J connectivity index is 1.78. The zero-order chi connectivity index (χ0) is 21.1. The van der Waals surface area contributed by atoms with Crippen LogP contribution in [0.25, 0.3) is 28.4 Å². The minimum atomic E-state index is 0.570. The highest BCUT2D eigenvalue weighted by Crippen LogP contribution is 2.39. The number of aromatic nitrogens is 2. The number of hydrogen-bond donors (Lipinski definition) is 0. The van der Waals surface area contributed by atoms with Crippen LogP contribution in [0.4, 0.5) is 0 Å². The van der Waals surface area contributed by atoms with Crippen molar-refractivity contribution >= 4 is 28.4 Å². The van der Waals surface area contributed by atoms with E-state index in [1.54, 1.807) is 39.8 Å². The van der Waals surface area contributed by atoms with E-state index in [2.05, 4.69) is 4.40 Å². The molecule has 2 aromatic heterocycles. The number of nitrogens with zero attached hydrogens (tertiary/aromatic N) is 2. The average molecular weight is 423 g/mol. The molecule has 0 aliphatic heterocycles. The van der Waals surface area contributed by atoms with Crippen molar-refractivity contribution in [1.29, 1.82) is 0 Å². The molecule has 7 heteroatoms. The molecule has 6 nitrogen and oxygen atoms in total. The maximum atomic E-state index is 5.46. The van der Waals surface area contributed by atoms with Crippen LogP contribution < -0.4 is 18.9 Å². The fourth-order valence-corrected chi connectivity index (χ4v) is 4.02. The number of ether oxygens (including phenoxy) is 4. The van der Waals surface area contributed by atoms with Crippen LogP contribution in [-0.4, -0.2) is 37.8 Å². The molecule has 154 valence electrons. The number of thiazole rings is 1. The lowest BCUT2D eigenvalue weighted by molar-refractivity contribution is 0.324. The van der Waals surface area contributed by atoms with Gasteiger partial charge in [-0.05, 0) is 48.0 Å². The lowest BCUT2D eigenvalue weighted by Gasteiger charge is -2.12. The second-order valence-corrected chi connectivity index (χ2v) is 7.29. The molecule has 30 heavy (non-hydrogen) atoms. The summed E-state index contributed by atoms with van der Waals surface area (Å²) < 4.78 is 23.7. The van der Waals surface area contributed by atoms with Gasteiger partial charge in [-0.25, -0.2) is 4.98 Å². The number of imidazole rings is 1. The zero-order valence-corrected chi connectivity index (χ0v) is 18.0. The van der Waals surface area contributed by atoms with E-state index in [0.29, 0.717) is 17.2 Å². The second-order valence-electron chi connectivity index (χ2n) is 6.42. The Hall–Kier alpha value is -3.45. The third kappa shape index (κ3) is 3.59. The first kappa shape index (κ1) is 19.8. The van der Waals surface area contributed by atoms with Crippen LogP contribution in [0.1, 0.15) is 11.3 Å². The SMILES string of the molecule is COc1ccc(-c2nc3sccn3c2/C=C\c2cc(OC)c(OC)c(OC)c2)cc1. The summed E-state index contributed by atoms with van der Waals surface area (Å²) in [6.45, 7) is 0. The Morgan fingerprint density at radius 2 is 1.57 bits per heavy atom. The Morgan fingerprint density at radius 3 is 2.17 bits per heavy atom. The normalized spacial score (nSPS) is 11.2. The number of benzene rings is 2. The van der Waals surface area contributed by atoms with Gasteiger partial charge in [-0.3, -0.25) is 4.40 Å². The van der Waals surface area contributed by atoms with Crippen LogP contribution in [0.2, 0.25) is 0 Å². The Bertz CT molecular complexity index is 1170. The van der Waals surface area contributed by atoms with Crippen molar-refractivity contribution in [3.8, 4) is 34.3 Å². The highest BCUT2D eigenvalue weighted by atomic mass is 32.1. The van der Waals surface area contributed by atoms with Gasteiger partial charge in [-0.15, -0.1) is 11.3 Å². The van der Waals surface area contributed by atoms with E-state index < -0.39 is 0 Å². The first-order chi connectivity index (χ1) is 14.7. The van der Waals surface area contributed by atoms with Gasteiger partial charge in [0.05, 0.1) is 39.8 Å². The van der Waals surface area contributed by atoms with Crippen molar-refractivity contribution < 1.29 is 18.9 Å². The summed E-state index contributed by atoms with van der Waals surface area (Å²) >= 11 is 1.60.